The first-order chi connectivity index (χ1) is 13.4. The van der Waals surface area contributed by atoms with Crippen molar-refractivity contribution in [1.29, 1.82) is 0 Å². The summed E-state index contributed by atoms with van der Waals surface area (Å²) in [7, 11) is 2.21. The van der Waals surface area contributed by atoms with E-state index >= 15 is 0 Å². The minimum absolute atomic E-state index is 0.0415. The van der Waals surface area contributed by atoms with Gasteiger partial charge in [-0.25, -0.2) is 4.39 Å². The van der Waals surface area contributed by atoms with Gasteiger partial charge in [0, 0.05) is 41.6 Å². The molecule has 0 bridgehead atoms. The van der Waals surface area contributed by atoms with Gasteiger partial charge in [0.05, 0.1) is 0 Å². The summed E-state index contributed by atoms with van der Waals surface area (Å²) >= 11 is 0. The molecule has 1 atom stereocenters. The van der Waals surface area contributed by atoms with Gasteiger partial charge < -0.3 is 9.47 Å². The van der Waals surface area contributed by atoms with Crippen LogP contribution in [0.1, 0.15) is 35.7 Å². The van der Waals surface area contributed by atoms with Gasteiger partial charge in [0.1, 0.15) is 5.82 Å². The normalized spacial score (nSPS) is 19.7. The summed E-state index contributed by atoms with van der Waals surface area (Å²) in [5.41, 5.74) is 6.72. The molecular formula is C25H29FN2. The highest BCUT2D eigenvalue weighted by Gasteiger charge is 2.38. The van der Waals surface area contributed by atoms with Crippen LogP contribution in [-0.4, -0.2) is 23.1 Å². The monoisotopic (exact) mass is 376 g/mol. The first-order valence-corrected chi connectivity index (χ1v) is 10.1. The number of hydrogen-bond donors (Lipinski definition) is 0. The van der Waals surface area contributed by atoms with Crippen molar-refractivity contribution in [3.05, 3.63) is 83.3 Å². The second-order valence-corrected chi connectivity index (χ2v) is 8.60. The third-order valence-corrected chi connectivity index (χ3v) is 6.07. The van der Waals surface area contributed by atoms with E-state index in [1.54, 1.807) is 12.1 Å². The summed E-state index contributed by atoms with van der Waals surface area (Å²) in [5, 5.41) is 1.37. The van der Waals surface area contributed by atoms with Crippen LogP contribution in [0.25, 0.3) is 10.9 Å². The highest BCUT2D eigenvalue weighted by atomic mass is 19.1. The van der Waals surface area contributed by atoms with Crippen molar-refractivity contribution in [2.75, 3.05) is 13.6 Å². The minimum atomic E-state index is -0.176. The van der Waals surface area contributed by atoms with E-state index < -0.39 is 0 Å². The summed E-state index contributed by atoms with van der Waals surface area (Å²) < 4.78 is 15.8. The zero-order valence-electron chi connectivity index (χ0n) is 17.1. The molecule has 2 heterocycles. The molecule has 0 saturated carbocycles. The Morgan fingerprint density at radius 3 is 2.64 bits per heavy atom. The molecule has 146 valence electrons. The second-order valence-electron chi connectivity index (χ2n) is 8.60. The van der Waals surface area contributed by atoms with E-state index in [1.165, 1.54) is 33.3 Å². The van der Waals surface area contributed by atoms with Crippen LogP contribution in [0.3, 0.4) is 0 Å². The van der Waals surface area contributed by atoms with Gasteiger partial charge in [0.15, 0.2) is 0 Å². The molecule has 1 aromatic heterocycles. The minimum Gasteiger partial charge on any atom is -0.343 e. The molecule has 2 aromatic carbocycles. The molecule has 1 unspecified atom stereocenters. The summed E-state index contributed by atoms with van der Waals surface area (Å²) in [4.78, 5) is 2.43. The standard InChI is InChI=1S/C25H29FN2/c1-5-13-25(3)17-27(4)16-22-21-15-18(2)6-11-23(21)28(24(22)25)14-12-19-7-9-20(26)10-8-19/h5-11,15H,1,12-14,16-17H2,2-4H3. The maximum Gasteiger partial charge on any atom is 0.123 e. The Morgan fingerprint density at radius 2 is 1.93 bits per heavy atom. The van der Waals surface area contributed by atoms with Gasteiger partial charge in [0.25, 0.3) is 0 Å². The third kappa shape index (κ3) is 3.29. The largest absolute Gasteiger partial charge is 0.343 e. The average Bonchev–Trinajstić information content (AvgIpc) is 2.95. The van der Waals surface area contributed by atoms with Crippen molar-refractivity contribution in [2.24, 2.45) is 0 Å². The van der Waals surface area contributed by atoms with Gasteiger partial charge in [-0.2, -0.15) is 0 Å². The van der Waals surface area contributed by atoms with Gasteiger partial charge in [-0.1, -0.05) is 36.8 Å². The lowest BCUT2D eigenvalue weighted by Crippen LogP contribution is -2.43. The van der Waals surface area contributed by atoms with Gasteiger partial charge in [-0.15, -0.1) is 6.58 Å². The number of halogens is 1. The molecule has 2 nitrogen and oxygen atoms in total. The molecule has 1 aliphatic heterocycles. The van der Waals surface area contributed by atoms with Crippen LogP contribution in [0.5, 0.6) is 0 Å². The predicted molar refractivity (Wildman–Crippen MR) is 115 cm³/mol. The van der Waals surface area contributed by atoms with Crippen molar-refractivity contribution < 1.29 is 4.39 Å². The summed E-state index contributed by atoms with van der Waals surface area (Å²) in [6.07, 6.45) is 3.90. The molecule has 0 radical (unpaired) electrons. The van der Waals surface area contributed by atoms with Crippen molar-refractivity contribution >= 4 is 10.9 Å². The summed E-state index contributed by atoms with van der Waals surface area (Å²) in [5.74, 6) is -0.176. The number of aromatic nitrogens is 1. The van der Waals surface area contributed by atoms with Crippen LogP contribution in [-0.2, 0) is 24.9 Å². The number of fused-ring (bicyclic) bond motifs is 3. The molecule has 0 amide bonds. The Balaban J connectivity index is 1.84. The van der Waals surface area contributed by atoms with E-state index in [0.717, 1.165) is 32.5 Å². The number of nitrogens with zero attached hydrogens (tertiary/aromatic N) is 2. The van der Waals surface area contributed by atoms with Crippen LogP contribution in [0.15, 0.2) is 55.1 Å². The Labute approximate surface area is 167 Å². The van der Waals surface area contributed by atoms with Gasteiger partial charge in [-0.05, 0) is 62.2 Å². The molecule has 0 aliphatic carbocycles. The van der Waals surface area contributed by atoms with E-state index in [9.17, 15) is 4.39 Å². The maximum atomic E-state index is 13.3. The number of allylic oxidation sites excluding steroid dienone is 1. The molecule has 4 rings (SSSR count). The van der Waals surface area contributed by atoms with Crippen molar-refractivity contribution in [2.45, 2.75) is 45.2 Å². The second kappa shape index (κ2) is 7.21. The molecule has 0 N–H and O–H groups in total. The highest BCUT2D eigenvalue weighted by molar-refractivity contribution is 5.87. The fourth-order valence-corrected chi connectivity index (χ4v) is 4.99. The first-order valence-electron chi connectivity index (χ1n) is 10.1. The Morgan fingerprint density at radius 1 is 1.18 bits per heavy atom. The molecule has 0 saturated heterocycles. The average molecular weight is 377 g/mol. The number of aryl methyl sites for hydroxylation is 3. The fraction of sp³-hybridized carbons (Fsp3) is 0.360. The van der Waals surface area contributed by atoms with E-state index in [4.69, 9.17) is 0 Å². The topological polar surface area (TPSA) is 8.17 Å². The highest BCUT2D eigenvalue weighted by Crippen LogP contribution is 2.42. The fourth-order valence-electron chi connectivity index (χ4n) is 4.99. The lowest BCUT2D eigenvalue weighted by molar-refractivity contribution is 0.216. The number of likely N-dealkylation sites (N-methyl/N-ethyl adjacent to an activating group) is 1. The maximum absolute atomic E-state index is 13.3. The summed E-state index contributed by atoms with van der Waals surface area (Å²) in [6.45, 7) is 11.5. The van der Waals surface area contributed by atoms with E-state index in [2.05, 4.69) is 61.2 Å². The number of rotatable bonds is 5. The Hall–Kier alpha value is -2.39. The molecule has 0 spiro atoms. The molecule has 0 fully saturated rings. The number of hydrogen-bond acceptors (Lipinski definition) is 1. The van der Waals surface area contributed by atoms with Crippen LogP contribution < -0.4 is 0 Å². The third-order valence-electron chi connectivity index (χ3n) is 6.07. The van der Waals surface area contributed by atoms with Crippen molar-refractivity contribution in [3.8, 4) is 0 Å². The van der Waals surface area contributed by atoms with E-state index in [0.29, 0.717) is 0 Å². The smallest absolute Gasteiger partial charge is 0.123 e. The van der Waals surface area contributed by atoms with E-state index in [1.807, 2.05) is 12.1 Å². The Kier molecular flexibility index (Phi) is 4.88. The predicted octanol–water partition coefficient (Wildman–Crippen LogP) is 5.61. The van der Waals surface area contributed by atoms with Crippen molar-refractivity contribution in [3.63, 3.8) is 0 Å². The van der Waals surface area contributed by atoms with E-state index in [-0.39, 0.29) is 11.2 Å². The molecule has 1 aliphatic rings. The molecular weight excluding hydrogens is 347 g/mol. The lowest BCUT2D eigenvalue weighted by atomic mass is 9.78. The number of benzene rings is 2. The van der Waals surface area contributed by atoms with Gasteiger partial charge in [-0.3, -0.25) is 0 Å². The Bertz CT molecular complexity index is 1020. The van der Waals surface area contributed by atoms with Crippen LogP contribution >= 0.6 is 0 Å². The van der Waals surface area contributed by atoms with Crippen molar-refractivity contribution in [1.82, 2.24) is 9.47 Å². The van der Waals surface area contributed by atoms with Crippen LogP contribution in [0, 0.1) is 12.7 Å². The summed E-state index contributed by atoms with van der Waals surface area (Å²) in [6, 6.07) is 13.7. The van der Waals surface area contributed by atoms with Gasteiger partial charge in [0.2, 0.25) is 0 Å². The molecule has 28 heavy (non-hydrogen) atoms. The zero-order chi connectivity index (χ0) is 19.9. The molecule has 3 heteroatoms. The first kappa shape index (κ1) is 18.9. The SMILES string of the molecule is C=CCC1(C)CN(C)Cc2c1n(CCc1ccc(F)cc1)c1ccc(C)cc21. The van der Waals surface area contributed by atoms with Crippen LogP contribution in [0.4, 0.5) is 4.39 Å². The quantitative estimate of drug-likeness (QED) is 0.525. The molecule has 3 aromatic rings. The zero-order valence-corrected chi connectivity index (χ0v) is 17.1. The van der Waals surface area contributed by atoms with Crippen LogP contribution in [0.2, 0.25) is 0 Å². The lowest BCUT2D eigenvalue weighted by Gasteiger charge is -2.40. The van der Waals surface area contributed by atoms with Gasteiger partial charge >= 0.3 is 0 Å².